The molecule has 1 spiro atoms. The van der Waals surface area contributed by atoms with Crippen LogP contribution in [0.4, 0.5) is 0 Å². The van der Waals surface area contributed by atoms with Crippen molar-refractivity contribution < 1.29 is 14.7 Å². The van der Waals surface area contributed by atoms with Gasteiger partial charge in [-0.1, -0.05) is 32.1 Å². The second-order valence-electron chi connectivity index (χ2n) is 11.7. The summed E-state index contributed by atoms with van der Waals surface area (Å²) in [4.78, 5) is 27.9. The minimum Gasteiger partial charge on any atom is -0.386 e. The minimum absolute atomic E-state index is 0.00742. The number of hydrogen-bond acceptors (Lipinski definition) is 7. The van der Waals surface area contributed by atoms with Crippen LogP contribution in [0.1, 0.15) is 61.1 Å². The molecule has 3 aliphatic heterocycles. The summed E-state index contributed by atoms with van der Waals surface area (Å²) in [7, 11) is 0. The van der Waals surface area contributed by atoms with Crippen LogP contribution in [0.3, 0.4) is 0 Å². The molecule has 2 amide bonds. The summed E-state index contributed by atoms with van der Waals surface area (Å²) in [5, 5.41) is 51.8. The molecule has 0 radical (unpaired) electrons. The standard InChI is InChI=1S/C26H38N10O3/c1-13-9-10-17(35-34-13)23(39)29-11-18-20-26(33-24(27)32-20)21(37)19(12-36(26)25(28)31-18)30-22(38)16-8-4-6-14-5-2-3-7-15(14)16/h9-10,14-16,18-21,37H,2-8,11-12H2,1H3,(H2,28,31)(H,29,39)(H,30,38)(H3,27,32,33)/t14?,15?,16?,18-,19?,20-,21+,26-/m0/s1. The van der Waals surface area contributed by atoms with E-state index in [9.17, 15) is 14.7 Å². The smallest absolute Gasteiger partial charge is 0.271 e. The molecule has 1 aromatic rings. The molecule has 210 valence electrons. The van der Waals surface area contributed by atoms with Crippen molar-refractivity contribution in [1.29, 1.82) is 10.8 Å². The number of rotatable bonds is 5. The van der Waals surface area contributed by atoms with Gasteiger partial charge in [-0.3, -0.25) is 20.4 Å². The van der Waals surface area contributed by atoms with Gasteiger partial charge < -0.3 is 36.6 Å². The molecule has 13 nitrogen and oxygen atoms in total. The third-order valence-corrected chi connectivity index (χ3v) is 9.50. The largest absolute Gasteiger partial charge is 0.386 e. The Kier molecular flexibility index (Phi) is 6.56. The van der Waals surface area contributed by atoms with Gasteiger partial charge >= 0.3 is 0 Å². The molecule has 3 saturated heterocycles. The molecule has 6 rings (SSSR count). The van der Waals surface area contributed by atoms with E-state index in [0.717, 1.165) is 19.3 Å². The van der Waals surface area contributed by atoms with E-state index in [1.807, 2.05) is 0 Å². The highest BCUT2D eigenvalue weighted by atomic mass is 16.3. The van der Waals surface area contributed by atoms with E-state index in [1.165, 1.54) is 25.7 Å². The number of aliphatic hydroxyl groups is 1. The molecule has 8 atom stereocenters. The topological polar surface area (TPSA) is 191 Å². The van der Waals surface area contributed by atoms with E-state index in [2.05, 4.69) is 36.8 Å². The molecule has 39 heavy (non-hydrogen) atoms. The van der Waals surface area contributed by atoms with Gasteiger partial charge in [-0.15, -0.1) is 5.10 Å². The summed E-state index contributed by atoms with van der Waals surface area (Å²) in [6, 6.07) is 1.62. The Hall–Kier alpha value is -3.48. The highest BCUT2D eigenvalue weighted by molar-refractivity contribution is 5.92. The van der Waals surface area contributed by atoms with Crippen LogP contribution in [-0.4, -0.2) is 86.9 Å². The number of nitrogens with zero attached hydrogens (tertiary/aromatic N) is 3. The van der Waals surface area contributed by atoms with E-state index < -0.39 is 35.8 Å². The highest BCUT2D eigenvalue weighted by Crippen LogP contribution is 2.44. The summed E-state index contributed by atoms with van der Waals surface area (Å²) in [6.45, 7) is 2.14. The molecule has 2 aliphatic carbocycles. The Labute approximate surface area is 227 Å². The third-order valence-electron chi connectivity index (χ3n) is 9.50. The van der Waals surface area contributed by atoms with Crippen molar-refractivity contribution in [3.8, 4) is 0 Å². The number of amides is 2. The number of aromatic nitrogens is 2. The summed E-state index contributed by atoms with van der Waals surface area (Å²) < 4.78 is 0. The number of aryl methyl sites for hydroxylation is 1. The van der Waals surface area contributed by atoms with Crippen molar-refractivity contribution in [3.63, 3.8) is 0 Å². The van der Waals surface area contributed by atoms with Crippen LogP contribution in [0.2, 0.25) is 0 Å². The van der Waals surface area contributed by atoms with Crippen molar-refractivity contribution in [2.75, 3.05) is 13.1 Å². The van der Waals surface area contributed by atoms with Crippen LogP contribution < -0.4 is 26.6 Å². The van der Waals surface area contributed by atoms with Crippen LogP contribution in [-0.2, 0) is 4.79 Å². The molecule has 4 heterocycles. The zero-order chi connectivity index (χ0) is 27.3. The lowest BCUT2D eigenvalue weighted by molar-refractivity contribution is -0.131. The fraction of sp³-hybridized carbons (Fsp3) is 0.692. The van der Waals surface area contributed by atoms with Gasteiger partial charge in [0, 0.05) is 19.0 Å². The van der Waals surface area contributed by atoms with E-state index in [4.69, 9.17) is 10.8 Å². The summed E-state index contributed by atoms with van der Waals surface area (Å²) >= 11 is 0. The normalized spacial score (nSPS) is 37.0. The zero-order valence-corrected chi connectivity index (χ0v) is 22.2. The number of fused-ring (bicyclic) bond motifs is 1. The number of carbonyl (C=O) groups excluding carboxylic acids is 2. The van der Waals surface area contributed by atoms with Crippen LogP contribution >= 0.6 is 0 Å². The Morgan fingerprint density at radius 1 is 1.13 bits per heavy atom. The molecule has 1 aromatic heterocycles. The van der Waals surface area contributed by atoms with E-state index in [1.54, 1.807) is 24.0 Å². The Balaban J connectivity index is 1.17. The number of guanidine groups is 2. The van der Waals surface area contributed by atoms with E-state index in [-0.39, 0.29) is 42.5 Å². The highest BCUT2D eigenvalue weighted by Gasteiger charge is 2.66. The van der Waals surface area contributed by atoms with E-state index >= 15 is 0 Å². The maximum Gasteiger partial charge on any atom is 0.271 e. The van der Waals surface area contributed by atoms with Gasteiger partial charge in [-0.2, -0.15) is 5.10 Å². The fourth-order valence-corrected chi connectivity index (χ4v) is 7.67. The second kappa shape index (κ2) is 9.92. The summed E-state index contributed by atoms with van der Waals surface area (Å²) in [5.74, 6) is 0.652. The molecule has 5 fully saturated rings. The van der Waals surface area contributed by atoms with Gasteiger partial charge in [0.25, 0.3) is 5.91 Å². The number of aliphatic hydroxyl groups excluding tert-OH is 1. The second-order valence-corrected chi connectivity index (χ2v) is 11.7. The average Bonchev–Trinajstić information content (AvgIpc) is 3.43. The lowest BCUT2D eigenvalue weighted by Gasteiger charge is -2.49. The first-order chi connectivity index (χ1) is 18.8. The Morgan fingerprint density at radius 3 is 2.72 bits per heavy atom. The molecular formula is C26H38N10O3. The summed E-state index contributed by atoms with van der Waals surface area (Å²) in [5.41, 5.74) is -0.328. The Morgan fingerprint density at radius 2 is 1.92 bits per heavy atom. The molecule has 5 aliphatic rings. The lowest BCUT2D eigenvalue weighted by Crippen LogP contribution is -2.78. The molecule has 4 unspecified atom stereocenters. The third kappa shape index (κ3) is 4.36. The van der Waals surface area contributed by atoms with Gasteiger partial charge in [0.2, 0.25) is 5.91 Å². The number of carbonyl (C=O) groups is 2. The molecule has 8 N–H and O–H groups in total. The van der Waals surface area contributed by atoms with Gasteiger partial charge in [-0.25, -0.2) is 0 Å². The van der Waals surface area contributed by atoms with Gasteiger partial charge in [0.15, 0.2) is 23.3 Å². The zero-order valence-electron chi connectivity index (χ0n) is 22.2. The van der Waals surface area contributed by atoms with Crippen LogP contribution in [0.15, 0.2) is 12.1 Å². The minimum atomic E-state index is -1.21. The lowest BCUT2D eigenvalue weighted by atomic mass is 9.65. The monoisotopic (exact) mass is 538 g/mol. The molecular weight excluding hydrogens is 500 g/mol. The fourth-order valence-electron chi connectivity index (χ4n) is 7.67. The van der Waals surface area contributed by atoms with Crippen molar-refractivity contribution in [2.45, 2.75) is 81.8 Å². The first-order valence-corrected chi connectivity index (χ1v) is 14.1. The molecule has 0 bridgehead atoms. The van der Waals surface area contributed by atoms with Crippen molar-refractivity contribution in [2.24, 2.45) is 17.8 Å². The first-order valence-electron chi connectivity index (χ1n) is 14.1. The maximum absolute atomic E-state index is 13.5. The predicted octanol–water partition coefficient (Wildman–Crippen LogP) is -0.618. The molecule has 0 aromatic carbocycles. The van der Waals surface area contributed by atoms with Gasteiger partial charge in [-0.05, 0) is 43.7 Å². The average molecular weight is 539 g/mol. The van der Waals surface area contributed by atoms with Crippen molar-refractivity contribution in [1.82, 2.24) is 41.7 Å². The SMILES string of the molecule is Cc1ccc(C(=O)NC[C@@H]2NC(=N)N3CC(NC(=O)C4CCCC5CCCCC54)[C@@H](O)[C@@]34NC(=N)N[C@@H]24)nn1. The number of hydrogen-bond donors (Lipinski definition) is 8. The summed E-state index contributed by atoms with van der Waals surface area (Å²) in [6.07, 6.45) is 6.76. The van der Waals surface area contributed by atoms with Gasteiger partial charge in [0.1, 0.15) is 6.10 Å². The molecule has 2 saturated carbocycles. The number of nitrogens with one attached hydrogen (secondary N) is 7. The van der Waals surface area contributed by atoms with E-state index in [0.29, 0.717) is 17.5 Å². The van der Waals surface area contributed by atoms with Gasteiger partial charge in [0.05, 0.1) is 23.8 Å². The van der Waals surface area contributed by atoms with Crippen LogP contribution in [0.25, 0.3) is 0 Å². The predicted molar refractivity (Wildman–Crippen MR) is 142 cm³/mol. The van der Waals surface area contributed by atoms with Crippen molar-refractivity contribution >= 4 is 23.7 Å². The quantitative estimate of drug-likeness (QED) is 0.241. The first kappa shape index (κ1) is 25.8. The van der Waals surface area contributed by atoms with Crippen LogP contribution in [0, 0.1) is 35.5 Å². The van der Waals surface area contributed by atoms with Crippen molar-refractivity contribution in [3.05, 3.63) is 23.5 Å². The Bertz CT molecular complexity index is 1160. The molecule has 13 heteroatoms. The van der Waals surface area contributed by atoms with Crippen LogP contribution in [0.5, 0.6) is 0 Å². The maximum atomic E-state index is 13.5.